The third-order valence-corrected chi connectivity index (χ3v) is 9.29. The number of rotatable bonds is 8. The van der Waals surface area contributed by atoms with E-state index in [0.717, 1.165) is 40.9 Å². The molecule has 0 saturated carbocycles. The molecule has 1 N–H and O–H groups in total. The highest BCUT2D eigenvalue weighted by Gasteiger charge is 2.46. The van der Waals surface area contributed by atoms with E-state index in [1.54, 1.807) is 19.1 Å². The number of aryl methyl sites for hydroxylation is 1. The molecular formula is C30H21F6N7O5S2. The predicted octanol–water partition coefficient (Wildman–Crippen LogP) is 6.41. The number of aliphatic imine (C=N–C) groups is 1. The molecule has 20 heteroatoms. The number of carbonyl (C=O) groups is 2. The first-order valence-corrected chi connectivity index (χ1v) is 16.5. The molecule has 3 aromatic carbocycles. The molecule has 0 unspecified atom stereocenters. The fourth-order valence-electron chi connectivity index (χ4n) is 4.45. The van der Waals surface area contributed by atoms with Crippen LogP contribution in [-0.2, 0) is 14.6 Å². The number of hydrogen-bond donors (Lipinski definition) is 1. The molecule has 12 nitrogen and oxygen atoms in total. The second-order valence-corrected chi connectivity index (χ2v) is 13.2. The van der Waals surface area contributed by atoms with Gasteiger partial charge >= 0.3 is 17.7 Å². The molecule has 0 radical (unpaired) electrons. The van der Waals surface area contributed by atoms with E-state index < -0.39 is 51.4 Å². The zero-order valence-corrected chi connectivity index (χ0v) is 26.9. The lowest BCUT2D eigenvalue weighted by Crippen LogP contribution is -2.31. The van der Waals surface area contributed by atoms with Gasteiger partial charge in [-0.25, -0.2) is 22.9 Å². The molecule has 4 aromatic rings. The second kappa shape index (κ2) is 13.8. The van der Waals surface area contributed by atoms with Crippen molar-refractivity contribution >= 4 is 50.1 Å². The molecule has 260 valence electrons. The standard InChI is InChI=1S/C30H21F6N7O5S2/c1-17-12-19(26-38-16-42(41-26)20-4-6-21(7-5-20)50(46,47)30(34,35)36)3-8-22(17)39-27(45)40-28-43(25(44)15-49-28)23-13-18(14-37)2-9-24(23)48-11-10-29(31,32)33/h2-9,12-13,16H,10-11,15H2,1H3,(H,39,45)/b40-28-. The Morgan fingerprint density at radius 1 is 1.08 bits per heavy atom. The summed E-state index contributed by atoms with van der Waals surface area (Å²) in [6, 6.07) is 13.4. The minimum Gasteiger partial charge on any atom is -0.491 e. The van der Waals surface area contributed by atoms with Crippen molar-refractivity contribution in [2.75, 3.05) is 22.6 Å². The number of carbonyl (C=O) groups excluding carboxylic acids is 2. The van der Waals surface area contributed by atoms with Crippen molar-refractivity contribution in [1.29, 1.82) is 5.26 Å². The lowest BCUT2D eigenvalue weighted by Gasteiger charge is -2.20. The molecule has 1 aliphatic rings. The average molecular weight is 738 g/mol. The summed E-state index contributed by atoms with van der Waals surface area (Å²) < 4.78 is 106. The summed E-state index contributed by atoms with van der Waals surface area (Å²) in [5.74, 6) is -0.615. The quantitative estimate of drug-likeness (QED) is 0.202. The number of nitriles is 1. The molecule has 2 heterocycles. The van der Waals surface area contributed by atoms with E-state index in [4.69, 9.17) is 4.74 Å². The molecule has 1 saturated heterocycles. The Balaban J connectivity index is 1.31. The third kappa shape index (κ3) is 7.89. The van der Waals surface area contributed by atoms with Gasteiger partial charge in [-0.2, -0.15) is 36.6 Å². The van der Waals surface area contributed by atoms with Gasteiger partial charge in [0.2, 0.25) is 5.91 Å². The van der Waals surface area contributed by atoms with E-state index in [2.05, 4.69) is 20.4 Å². The van der Waals surface area contributed by atoms with E-state index >= 15 is 0 Å². The molecule has 1 aliphatic heterocycles. The first-order chi connectivity index (χ1) is 23.5. The first kappa shape index (κ1) is 35.9. The van der Waals surface area contributed by atoms with Gasteiger partial charge in [0.1, 0.15) is 12.1 Å². The Kier molecular flexibility index (Phi) is 9.92. The van der Waals surface area contributed by atoms with Crippen LogP contribution in [0.15, 0.2) is 76.9 Å². The van der Waals surface area contributed by atoms with Crippen LogP contribution in [0.1, 0.15) is 17.5 Å². The van der Waals surface area contributed by atoms with E-state index in [9.17, 15) is 49.6 Å². The number of amides is 3. The number of sulfone groups is 1. The largest absolute Gasteiger partial charge is 0.501 e. The summed E-state index contributed by atoms with van der Waals surface area (Å²) in [6.45, 7) is 0.904. The fraction of sp³-hybridized carbons (Fsp3) is 0.200. The summed E-state index contributed by atoms with van der Waals surface area (Å²) in [4.78, 5) is 34.0. The van der Waals surface area contributed by atoms with Crippen LogP contribution in [0.2, 0.25) is 0 Å². The van der Waals surface area contributed by atoms with Gasteiger partial charge in [-0.15, -0.1) is 5.10 Å². The van der Waals surface area contributed by atoms with Gasteiger partial charge in [0.15, 0.2) is 11.0 Å². The SMILES string of the molecule is Cc1cc(-c2ncn(-c3ccc(S(=O)(=O)C(F)(F)F)cc3)n2)ccc1NC(=O)/N=C1\SCC(=O)N1c1cc(C#N)ccc1OCCC(F)(F)F. The van der Waals surface area contributed by atoms with Gasteiger partial charge in [0, 0.05) is 11.3 Å². The van der Waals surface area contributed by atoms with E-state index in [0.29, 0.717) is 16.8 Å². The van der Waals surface area contributed by atoms with Crippen molar-refractivity contribution in [2.24, 2.45) is 4.99 Å². The Bertz CT molecular complexity index is 2140. The lowest BCUT2D eigenvalue weighted by molar-refractivity contribution is -0.139. The van der Waals surface area contributed by atoms with Crippen molar-refractivity contribution in [3.05, 3.63) is 78.1 Å². The van der Waals surface area contributed by atoms with Crippen LogP contribution in [0, 0.1) is 18.3 Å². The maximum absolute atomic E-state index is 13.0. The molecule has 1 aromatic heterocycles. The number of aromatic nitrogens is 3. The molecule has 0 aliphatic carbocycles. The highest BCUT2D eigenvalue weighted by molar-refractivity contribution is 8.15. The Morgan fingerprint density at radius 3 is 2.44 bits per heavy atom. The Labute approximate surface area is 283 Å². The first-order valence-electron chi connectivity index (χ1n) is 14.0. The van der Waals surface area contributed by atoms with Crippen LogP contribution in [0.5, 0.6) is 5.75 Å². The van der Waals surface area contributed by atoms with Crippen LogP contribution in [0.3, 0.4) is 0 Å². The zero-order valence-electron chi connectivity index (χ0n) is 25.3. The number of benzene rings is 3. The van der Waals surface area contributed by atoms with Gasteiger partial charge in [-0.1, -0.05) is 11.8 Å². The fourth-order valence-corrected chi connectivity index (χ4v) is 6.07. The Hall–Kier alpha value is -5.42. The minimum atomic E-state index is -5.52. The number of anilines is 2. The number of ether oxygens (including phenoxy) is 1. The lowest BCUT2D eigenvalue weighted by atomic mass is 10.1. The molecule has 0 atom stereocenters. The van der Waals surface area contributed by atoms with Crippen LogP contribution in [0.25, 0.3) is 17.1 Å². The molecule has 50 heavy (non-hydrogen) atoms. The van der Waals surface area contributed by atoms with Gasteiger partial charge < -0.3 is 10.1 Å². The van der Waals surface area contributed by atoms with Crippen molar-refractivity contribution in [1.82, 2.24) is 14.8 Å². The van der Waals surface area contributed by atoms with Gasteiger partial charge in [0.05, 0.1) is 46.7 Å². The van der Waals surface area contributed by atoms with Crippen LogP contribution < -0.4 is 15.0 Å². The molecule has 5 rings (SSSR count). The van der Waals surface area contributed by atoms with Gasteiger partial charge in [0.25, 0.3) is 9.84 Å². The maximum atomic E-state index is 13.0. The minimum absolute atomic E-state index is 0.0532. The normalized spacial score (nSPS) is 14.6. The number of nitrogens with one attached hydrogen (secondary N) is 1. The highest BCUT2D eigenvalue weighted by atomic mass is 32.2. The van der Waals surface area contributed by atoms with Crippen LogP contribution in [0.4, 0.5) is 42.5 Å². The number of hydrogen-bond acceptors (Lipinski definition) is 9. The number of alkyl halides is 6. The summed E-state index contributed by atoms with van der Waals surface area (Å²) in [5, 5.41) is 16.1. The number of thioether (sulfide) groups is 1. The summed E-state index contributed by atoms with van der Waals surface area (Å²) in [7, 11) is -5.52. The van der Waals surface area contributed by atoms with Gasteiger partial charge in [-0.3, -0.25) is 9.69 Å². The summed E-state index contributed by atoms with van der Waals surface area (Å²) >= 11 is 0.898. The third-order valence-electron chi connectivity index (χ3n) is 6.87. The number of halogens is 6. The van der Waals surface area contributed by atoms with E-state index in [1.807, 2.05) is 6.07 Å². The van der Waals surface area contributed by atoms with Crippen molar-refractivity contribution in [3.8, 4) is 28.9 Å². The number of nitrogens with zero attached hydrogens (tertiary/aromatic N) is 6. The summed E-state index contributed by atoms with van der Waals surface area (Å²) in [6.07, 6.45) is -4.47. The molecule has 0 spiro atoms. The number of amidine groups is 1. The Morgan fingerprint density at radius 2 is 1.80 bits per heavy atom. The van der Waals surface area contributed by atoms with E-state index in [-0.39, 0.29) is 39.4 Å². The zero-order chi connectivity index (χ0) is 36.4. The van der Waals surface area contributed by atoms with Crippen molar-refractivity contribution in [3.63, 3.8) is 0 Å². The molecule has 1 fully saturated rings. The molecule has 0 bridgehead atoms. The maximum Gasteiger partial charge on any atom is 0.501 e. The van der Waals surface area contributed by atoms with Gasteiger partial charge in [-0.05, 0) is 73.2 Å². The van der Waals surface area contributed by atoms with Crippen molar-refractivity contribution in [2.45, 2.75) is 29.9 Å². The van der Waals surface area contributed by atoms with Crippen LogP contribution >= 0.6 is 11.8 Å². The average Bonchev–Trinajstić information content (AvgIpc) is 3.68. The highest BCUT2D eigenvalue weighted by Crippen LogP contribution is 2.36. The van der Waals surface area contributed by atoms with Crippen LogP contribution in [-0.4, -0.2) is 64.3 Å². The smallest absolute Gasteiger partial charge is 0.491 e. The monoisotopic (exact) mass is 737 g/mol. The van der Waals surface area contributed by atoms with Crippen molar-refractivity contribution < 1.29 is 49.1 Å². The van der Waals surface area contributed by atoms with E-state index in [1.165, 1.54) is 35.3 Å². The summed E-state index contributed by atoms with van der Waals surface area (Å²) in [5.41, 5.74) is -3.85. The molecule has 3 amide bonds. The molecular weight excluding hydrogens is 716 g/mol. The number of urea groups is 1. The second-order valence-electron chi connectivity index (χ2n) is 10.3. The topological polar surface area (TPSA) is 160 Å². The predicted molar refractivity (Wildman–Crippen MR) is 168 cm³/mol.